The summed E-state index contributed by atoms with van der Waals surface area (Å²) in [5.41, 5.74) is 4.43. The molecule has 0 bridgehead atoms. The Kier molecular flexibility index (Phi) is 8.76. The third kappa shape index (κ3) is 5.71. The van der Waals surface area contributed by atoms with Crippen molar-refractivity contribution in [3.8, 4) is 0 Å². The first-order valence-corrected chi connectivity index (χ1v) is 7.24. The normalized spacial score (nSPS) is 27.1. The smallest absolute Gasteiger partial charge is 0.851 e. The summed E-state index contributed by atoms with van der Waals surface area (Å²) in [6.45, 7) is -0.759. The van der Waals surface area contributed by atoms with Gasteiger partial charge in [0.1, 0.15) is 12.0 Å². The molecule has 0 aromatic carbocycles. The first-order chi connectivity index (χ1) is 9.69. The number of aromatic nitrogens is 2. The van der Waals surface area contributed by atoms with Gasteiger partial charge >= 0.3 is 51.2 Å². The van der Waals surface area contributed by atoms with Crippen LogP contribution in [0.25, 0.3) is 0 Å². The van der Waals surface area contributed by atoms with Crippen LogP contribution < -0.4 is 59.4 Å². The number of nitrogen functional groups attached to an aromatic ring is 1. The van der Waals surface area contributed by atoms with Crippen molar-refractivity contribution in [1.29, 1.82) is 0 Å². The van der Waals surface area contributed by atoms with Crippen LogP contribution in [-0.4, -0.2) is 44.3 Å². The van der Waals surface area contributed by atoms with Crippen LogP contribution in [0.2, 0.25) is 0 Å². The average molecular weight is 347 g/mol. The van der Waals surface area contributed by atoms with Gasteiger partial charge in [0, 0.05) is 6.20 Å². The van der Waals surface area contributed by atoms with Gasteiger partial charge in [-0.1, -0.05) is 6.10 Å². The molecule has 118 valence electrons. The van der Waals surface area contributed by atoms with Crippen LogP contribution >= 0.6 is 7.82 Å². The molecular formula is C9H12Li2N3O8P. The quantitative estimate of drug-likeness (QED) is 0.204. The molecule has 1 saturated heterocycles. The molecular weight excluding hydrogens is 335 g/mol. The van der Waals surface area contributed by atoms with Crippen LogP contribution in [0.1, 0.15) is 6.23 Å². The second kappa shape index (κ2) is 8.81. The minimum absolute atomic E-state index is 0. The van der Waals surface area contributed by atoms with E-state index in [0.717, 1.165) is 10.8 Å². The minimum Gasteiger partial charge on any atom is -0.851 e. The third-order valence-electron chi connectivity index (χ3n) is 2.82. The second-order valence-electron chi connectivity index (χ2n) is 4.32. The SMILES string of the molecule is [15NH2][13c]1[13cH][13cH][15n]([13C@@H]2O[13C@H]([13CH2]OP(=O)(O)O)[13C@@H]([O-])[13C@H]2[O-])[13c](=O)[15n]1.[Li+].[Li+]. The summed E-state index contributed by atoms with van der Waals surface area (Å²) < 4.78 is 20.6. The maximum absolute atomic E-state index is 11.9. The number of hydrogen-bond acceptors (Lipinski definition) is 8. The number of phosphoric ester groups is 1. The first kappa shape index (κ1) is 22.9. The van der Waals surface area contributed by atoms with Crippen LogP contribution in [-0.2, 0) is 13.8 Å². The van der Waals surface area contributed by atoms with Gasteiger partial charge in [-0.25, -0.2) is 9.36 Å². The van der Waals surface area contributed by atoms with Gasteiger partial charge in [0.05, 0.1) is 12.7 Å². The number of rotatable bonds is 4. The van der Waals surface area contributed by atoms with Gasteiger partial charge in [-0.15, -0.1) is 6.10 Å². The number of phosphoric acid groups is 1. The molecule has 14 heteroatoms. The van der Waals surface area contributed by atoms with Crippen molar-refractivity contribution in [1.82, 2.24) is 9.55 Å². The average Bonchev–Trinajstić information content (AvgIpc) is 2.64. The molecule has 23 heavy (non-hydrogen) atoms. The Hall–Kier alpha value is -0.135. The van der Waals surface area contributed by atoms with Gasteiger partial charge in [-0.2, -0.15) is 4.98 Å². The van der Waals surface area contributed by atoms with Gasteiger partial charge < -0.3 is 30.5 Å². The predicted molar refractivity (Wildman–Crippen MR) is 62.4 cm³/mol. The number of hydrogen-bond donors (Lipinski definition) is 3. The van der Waals surface area contributed by atoms with Crippen LogP contribution in [0, 0.1) is 0 Å². The van der Waals surface area contributed by atoms with E-state index in [0.29, 0.717) is 0 Å². The maximum Gasteiger partial charge on any atom is 1.00 e. The zero-order valence-corrected chi connectivity index (χ0v) is 13.3. The number of ether oxygens (including phenoxy) is 1. The molecule has 2 heterocycles. The molecule has 1 aromatic heterocycles. The number of nitrogens with zero attached hydrogens (tertiary/aromatic N) is 2. The molecule has 1 aliphatic heterocycles. The van der Waals surface area contributed by atoms with Crippen molar-refractivity contribution in [3.05, 3.63) is 22.7 Å². The fraction of sp³-hybridized carbons (Fsp3) is 0.556. The zero-order chi connectivity index (χ0) is 15.8. The van der Waals surface area contributed by atoms with Crippen molar-refractivity contribution >= 4 is 13.6 Å². The summed E-state index contributed by atoms with van der Waals surface area (Å²) >= 11 is 0. The van der Waals surface area contributed by atoms with Gasteiger partial charge in [0.25, 0.3) is 0 Å². The van der Waals surface area contributed by atoms with E-state index in [1.54, 1.807) is 0 Å². The summed E-state index contributed by atoms with van der Waals surface area (Å²) in [6.07, 6.45) is -5.41. The largest absolute Gasteiger partial charge is 1.00 e. The molecule has 11 nitrogen and oxygen atoms in total. The topological polar surface area (TPSA) is 183 Å². The predicted octanol–water partition coefficient (Wildman–Crippen LogP) is -9.70. The van der Waals surface area contributed by atoms with Crippen LogP contribution in [0.15, 0.2) is 17.1 Å². The first-order valence-electron chi connectivity index (χ1n) is 5.71. The molecule has 0 saturated carbocycles. The third-order valence-corrected chi connectivity index (χ3v) is 3.30. The van der Waals surface area contributed by atoms with Gasteiger partial charge in [0.15, 0.2) is 0 Å². The molecule has 0 aliphatic carbocycles. The van der Waals surface area contributed by atoms with Crippen LogP contribution in [0.4, 0.5) is 5.82 Å². The molecule has 4 N–H and O–H groups in total. The summed E-state index contributed by atoms with van der Waals surface area (Å²) in [5.74, 6) is -0.0586. The van der Waals surface area contributed by atoms with E-state index in [-0.39, 0.29) is 43.5 Å². The molecule has 1 aromatic rings. The summed E-state index contributed by atoms with van der Waals surface area (Å²) in [6, 6.07) is 1.25. The Bertz CT molecular complexity index is 625. The minimum atomic E-state index is -4.79. The Morgan fingerprint density at radius 1 is 1.39 bits per heavy atom. The Balaban J connectivity index is 0.00000242. The maximum atomic E-state index is 11.9. The van der Waals surface area contributed by atoms with Gasteiger partial charge in [-0.05, 0) is 6.07 Å². The standard InChI is InChI=1S/C9H12N3O8P.2Li/c10-5-1-2-12(9(15)11-5)8-7(14)6(13)4(20-8)3-19-21(16,17)18;;/h1-2,4,6-8H,3H2,(H2,10,11,15)(H2,16,17,18);;/q-2;2*+1/t4-,6-,7-,8-;;/m1../s1/i1+1,2+1,3+1,4+1,5+1,6+1,7+1,8+1,9+1,10+1,11+1,12+1;;. The molecule has 0 unspecified atom stereocenters. The molecule has 1 fully saturated rings. The van der Waals surface area contributed by atoms with E-state index in [1.165, 1.54) is 6.07 Å². The summed E-state index contributed by atoms with van der Waals surface area (Å²) in [7, 11) is -4.79. The van der Waals surface area contributed by atoms with Crippen molar-refractivity contribution in [2.45, 2.75) is 24.5 Å². The van der Waals surface area contributed by atoms with E-state index in [9.17, 15) is 19.6 Å². The van der Waals surface area contributed by atoms with Crippen LogP contribution in [0.3, 0.4) is 0 Å². The van der Waals surface area contributed by atoms with Gasteiger partial charge in [0.2, 0.25) is 0 Å². The molecule has 0 radical (unpaired) electrons. The van der Waals surface area contributed by atoms with Crippen molar-refractivity contribution in [2.75, 3.05) is 12.3 Å². The summed E-state index contributed by atoms with van der Waals surface area (Å²) in [5, 5.41) is 23.6. The van der Waals surface area contributed by atoms with Crippen molar-refractivity contribution < 1.29 is 71.5 Å². The van der Waals surface area contributed by atoms with E-state index in [4.69, 9.17) is 20.3 Å². The van der Waals surface area contributed by atoms with E-state index in [1.807, 2.05) is 0 Å². The van der Waals surface area contributed by atoms with E-state index < -0.39 is 44.7 Å². The van der Waals surface area contributed by atoms with Crippen LogP contribution in [0.5, 0.6) is 0 Å². The molecule has 1 aliphatic rings. The van der Waals surface area contributed by atoms with Crippen molar-refractivity contribution in [2.24, 2.45) is 0 Å². The monoisotopic (exact) mass is 347 g/mol. The van der Waals surface area contributed by atoms with E-state index >= 15 is 0 Å². The van der Waals surface area contributed by atoms with Gasteiger partial charge in [-0.3, -0.25) is 9.09 Å². The fourth-order valence-corrected chi connectivity index (χ4v) is 2.20. The molecule has 2 rings (SSSR count). The second-order valence-corrected chi connectivity index (χ2v) is 5.56. The Labute approximate surface area is 154 Å². The molecule has 0 amide bonds. The molecule has 0 spiro atoms. The summed E-state index contributed by atoms with van der Waals surface area (Å²) in [4.78, 5) is 32.1. The Morgan fingerprint density at radius 3 is 2.52 bits per heavy atom. The zero-order valence-electron chi connectivity index (χ0n) is 12.4. The van der Waals surface area contributed by atoms with E-state index in [2.05, 4.69) is 9.51 Å². The number of anilines is 1. The molecule has 4 atom stereocenters. The fourth-order valence-electron chi connectivity index (χ4n) is 1.86. The number of nitrogens with two attached hydrogens (primary N) is 1. The van der Waals surface area contributed by atoms with Crippen molar-refractivity contribution in [3.63, 3.8) is 0 Å². The Morgan fingerprint density at radius 2 is 2.00 bits per heavy atom.